The fraction of sp³-hybridized carbons (Fsp3) is 1.00. The Morgan fingerprint density at radius 2 is 1.90 bits per heavy atom. The van der Waals surface area contributed by atoms with Gasteiger partial charge in [-0.2, -0.15) is 5.06 Å². The molecule has 1 N–H and O–H groups in total. The van der Waals surface area contributed by atoms with Gasteiger partial charge >= 0.3 is 0 Å². The van der Waals surface area contributed by atoms with Crippen LogP contribution in [0.3, 0.4) is 0 Å². The zero-order valence-corrected chi connectivity index (χ0v) is 6.71. The molecule has 0 bridgehead atoms. The Morgan fingerprint density at radius 1 is 1.30 bits per heavy atom. The molecule has 0 aliphatic heterocycles. The molecule has 1 rings (SSSR count). The van der Waals surface area contributed by atoms with Gasteiger partial charge in [0.1, 0.15) is 0 Å². The van der Waals surface area contributed by atoms with Crippen LogP contribution >= 0.6 is 0 Å². The molecule has 0 heterocycles. The van der Waals surface area contributed by atoms with Gasteiger partial charge in [0.25, 0.3) is 0 Å². The Kier molecular flexibility index (Phi) is 3.16. The standard InChI is InChI=1S/C8H17NO/c1-2-9(10)8-6-4-3-5-7-8/h8,10H,2-7H2,1H3. The largest absolute Gasteiger partial charge is 0.314 e. The lowest BCUT2D eigenvalue weighted by Gasteiger charge is -2.27. The fourth-order valence-electron chi connectivity index (χ4n) is 1.64. The van der Waals surface area contributed by atoms with Crippen molar-refractivity contribution in [2.24, 2.45) is 0 Å². The highest BCUT2D eigenvalue weighted by Crippen LogP contribution is 2.20. The average Bonchev–Trinajstić information content (AvgIpc) is 2.05. The lowest BCUT2D eigenvalue weighted by Crippen LogP contribution is -2.33. The lowest BCUT2D eigenvalue weighted by molar-refractivity contribution is -0.130. The summed E-state index contributed by atoms with van der Waals surface area (Å²) in [6.45, 7) is 2.76. The summed E-state index contributed by atoms with van der Waals surface area (Å²) in [5, 5.41) is 10.8. The number of hydrogen-bond acceptors (Lipinski definition) is 2. The first-order valence-electron chi connectivity index (χ1n) is 4.30. The molecular formula is C8H17NO. The monoisotopic (exact) mass is 143 g/mol. The fourth-order valence-corrected chi connectivity index (χ4v) is 1.64. The van der Waals surface area contributed by atoms with Crippen molar-refractivity contribution < 1.29 is 5.21 Å². The van der Waals surface area contributed by atoms with Gasteiger partial charge in [0, 0.05) is 12.6 Å². The van der Waals surface area contributed by atoms with Gasteiger partial charge in [0.05, 0.1) is 0 Å². The second-order valence-corrected chi connectivity index (χ2v) is 3.05. The van der Waals surface area contributed by atoms with Crippen molar-refractivity contribution in [3.8, 4) is 0 Å². The normalized spacial score (nSPS) is 21.9. The SMILES string of the molecule is CCN(O)C1CCCCC1. The molecule has 60 valence electrons. The summed E-state index contributed by atoms with van der Waals surface area (Å²) in [6, 6.07) is 0.457. The van der Waals surface area contributed by atoms with E-state index >= 15 is 0 Å². The van der Waals surface area contributed by atoms with Crippen LogP contribution in [0.15, 0.2) is 0 Å². The van der Waals surface area contributed by atoms with Crippen LogP contribution in [-0.4, -0.2) is 22.9 Å². The van der Waals surface area contributed by atoms with Gasteiger partial charge in [-0.1, -0.05) is 26.2 Å². The van der Waals surface area contributed by atoms with Crippen molar-refractivity contribution in [1.29, 1.82) is 0 Å². The van der Waals surface area contributed by atoms with Crippen LogP contribution in [0.2, 0.25) is 0 Å². The van der Waals surface area contributed by atoms with E-state index in [1.54, 1.807) is 0 Å². The second kappa shape index (κ2) is 3.94. The van der Waals surface area contributed by atoms with E-state index in [-0.39, 0.29) is 0 Å². The molecule has 2 heteroatoms. The predicted molar refractivity (Wildman–Crippen MR) is 41.0 cm³/mol. The highest BCUT2D eigenvalue weighted by Gasteiger charge is 2.17. The van der Waals surface area contributed by atoms with E-state index in [1.165, 1.54) is 37.2 Å². The van der Waals surface area contributed by atoms with Crippen LogP contribution in [0.25, 0.3) is 0 Å². The summed E-state index contributed by atoms with van der Waals surface area (Å²) in [5.41, 5.74) is 0. The van der Waals surface area contributed by atoms with Gasteiger partial charge in [-0.05, 0) is 12.8 Å². The van der Waals surface area contributed by atoms with Crippen molar-refractivity contribution in [2.45, 2.75) is 45.1 Å². The van der Waals surface area contributed by atoms with Crippen molar-refractivity contribution in [1.82, 2.24) is 5.06 Å². The Labute approximate surface area is 62.8 Å². The summed E-state index contributed by atoms with van der Waals surface area (Å²) >= 11 is 0. The minimum Gasteiger partial charge on any atom is -0.314 e. The number of hydroxylamine groups is 2. The van der Waals surface area contributed by atoms with E-state index in [9.17, 15) is 5.21 Å². The summed E-state index contributed by atoms with van der Waals surface area (Å²) in [7, 11) is 0. The lowest BCUT2D eigenvalue weighted by atomic mass is 9.95. The van der Waals surface area contributed by atoms with E-state index in [2.05, 4.69) is 0 Å². The molecule has 0 atom stereocenters. The molecule has 2 nitrogen and oxygen atoms in total. The highest BCUT2D eigenvalue weighted by atomic mass is 16.5. The van der Waals surface area contributed by atoms with Gasteiger partial charge < -0.3 is 5.21 Å². The molecule has 1 fully saturated rings. The molecule has 1 aliphatic carbocycles. The van der Waals surface area contributed by atoms with Gasteiger partial charge in [-0.25, -0.2) is 0 Å². The van der Waals surface area contributed by atoms with Crippen LogP contribution in [0.5, 0.6) is 0 Å². The van der Waals surface area contributed by atoms with E-state index in [0.717, 1.165) is 6.54 Å². The highest BCUT2D eigenvalue weighted by molar-refractivity contribution is 4.69. The van der Waals surface area contributed by atoms with E-state index in [1.807, 2.05) is 6.92 Å². The van der Waals surface area contributed by atoms with E-state index < -0.39 is 0 Å². The Balaban J connectivity index is 2.24. The van der Waals surface area contributed by atoms with Gasteiger partial charge in [-0.15, -0.1) is 0 Å². The first-order chi connectivity index (χ1) is 4.84. The zero-order valence-electron chi connectivity index (χ0n) is 6.71. The Bertz CT molecular complexity index is 89.3. The summed E-state index contributed by atoms with van der Waals surface area (Å²) < 4.78 is 0. The van der Waals surface area contributed by atoms with Crippen molar-refractivity contribution in [3.05, 3.63) is 0 Å². The predicted octanol–water partition coefficient (Wildman–Crippen LogP) is 2.03. The molecule has 0 saturated heterocycles. The third-order valence-electron chi connectivity index (χ3n) is 2.32. The molecule has 0 aromatic rings. The van der Waals surface area contributed by atoms with Gasteiger partial charge in [0.2, 0.25) is 0 Å². The molecule has 0 aromatic heterocycles. The smallest absolute Gasteiger partial charge is 0.0350 e. The number of nitrogens with zero attached hydrogens (tertiary/aromatic N) is 1. The van der Waals surface area contributed by atoms with Crippen LogP contribution in [0.4, 0.5) is 0 Å². The van der Waals surface area contributed by atoms with Crippen LogP contribution < -0.4 is 0 Å². The number of hydrogen-bond donors (Lipinski definition) is 1. The Morgan fingerprint density at radius 3 is 2.40 bits per heavy atom. The first kappa shape index (κ1) is 8.02. The molecule has 0 unspecified atom stereocenters. The molecule has 1 saturated carbocycles. The summed E-state index contributed by atoms with van der Waals surface area (Å²) in [6.07, 6.45) is 6.31. The maximum atomic E-state index is 9.32. The molecule has 0 aromatic carbocycles. The molecular weight excluding hydrogens is 126 g/mol. The third kappa shape index (κ3) is 1.96. The third-order valence-corrected chi connectivity index (χ3v) is 2.32. The first-order valence-corrected chi connectivity index (χ1v) is 4.30. The molecule has 1 aliphatic rings. The minimum atomic E-state index is 0.457. The zero-order chi connectivity index (χ0) is 7.40. The second-order valence-electron chi connectivity index (χ2n) is 3.05. The van der Waals surface area contributed by atoms with Crippen molar-refractivity contribution in [3.63, 3.8) is 0 Å². The molecule has 10 heavy (non-hydrogen) atoms. The van der Waals surface area contributed by atoms with Gasteiger partial charge in [-0.3, -0.25) is 0 Å². The van der Waals surface area contributed by atoms with Crippen LogP contribution in [0.1, 0.15) is 39.0 Å². The van der Waals surface area contributed by atoms with Crippen LogP contribution in [0, 0.1) is 0 Å². The summed E-state index contributed by atoms with van der Waals surface area (Å²) in [4.78, 5) is 0. The maximum absolute atomic E-state index is 9.32. The molecule has 0 radical (unpaired) electrons. The molecule has 0 amide bonds. The van der Waals surface area contributed by atoms with E-state index in [0.29, 0.717) is 6.04 Å². The van der Waals surface area contributed by atoms with E-state index in [4.69, 9.17) is 0 Å². The van der Waals surface area contributed by atoms with Crippen molar-refractivity contribution in [2.75, 3.05) is 6.54 Å². The minimum absolute atomic E-state index is 0.457. The summed E-state index contributed by atoms with van der Waals surface area (Å²) in [5.74, 6) is 0. The average molecular weight is 143 g/mol. The van der Waals surface area contributed by atoms with Gasteiger partial charge in [0.15, 0.2) is 0 Å². The topological polar surface area (TPSA) is 23.5 Å². The quantitative estimate of drug-likeness (QED) is 0.598. The maximum Gasteiger partial charge on any atom is 0.0350 e. The van der Waals surface area contributed by atoms with Crippen molar-refractivity contribution >= 4 is 0 Å². The van der Waals surface area contributed by atoms with Crippen LogP contribution in [-0.2, 0) is 0 Å². The molecule has 0 spiro atoms. The number of rotatable bonds is 2. The Hall–Kier alpha value is -0.0800.